The number of aromatic nitrogens is 4. The van der Waals surface area contributed by atoms with E-state index in [0.717, 1.165) is 0 Å². The Morgan fingerprint density at radius 1 is 0.926 bits per heavy atom. The van der Waals surface area contributed by atoms with E-state index in [0.29, 0.717) is 0 Å². The second-order valence-corrected chi connectivity index (χ2v) is 5.03. The van der Waals surface area contributed by atoms with Crippen molar-refractivity contribution in [3.63, 3.8) is 0 Å². The fraction of sp³-hybridized carbons (Fsp3) is 0.429. The fourth-order valence-electron chi connectivity index (χ4n) is 1.43. The second kappa shape index (κ2) is 7.71. The topological polar surface area (TPSA) is 75.6 Å². The molecule has 6 nitrogen and oxygen atoms in total. The zero-order valence-electron chi connectivity index (χ0n) is 21.6. The molecule has 0 aliphatic carbocycles. The van der Waals surface area contributed by atoms with Crippen LogP contribution in [-0.2, 0) is 0 Å². The van der Waals surface area contributed by atoms with Crippen molar-refractivity contribution in [2.45, 2.75) is 38.1 Å². The molecule has 0 spiro atoms. The van der Waals surface area contributed by atoms with E-state index in [4.69, 9.17) is 23.9 Å². The summed E-state index contributed by atoms with van der Waals surface area (Å²) in [4.78, 5) is 13.7. The minimum Gasteiger partial charge on any atom is -0.343 e. The predicted molar refractivity (Wildman–Crippen MR) is 86.3 cm³/mol. The molecule has 0 fully saturated rings. The van der Waals surface area contributed by atoms with Crippen LogP contribution in [0.15, 0.2) is 18.1 Å². The Labute approximate surface area is 167 Å². The molecule has 27 heavy (non-hydrogen) atoms. The van der Waals surface area contributed by atoms with Crippen LogP contribution in [0, 0.1) is 0 Å². The first-order chi connectivity index (χ1) is 16.0. The van der Waals surface area contributed by atoms with Crippen LogP contribution in [0.1, 0.15) is 26.0 Å². The summed E-state index contributed by atoms with van der Waals surface area (Å²) in [5.74, 6) is -3.55. The summed E-state index contributed by atoms with van der Waals surface area (Å²) in [7, 11) is 0. The van der Waals surface area contributed by atoms with E-state index in [1.165, 1.54) is 10.6 Å². The Bertz CT molecular complexity index is 1040. The molecule has 0 saturated heterocycles. The van der Waals surface area contributed by atoms with Crippen LogP contribution in [0.3, 0.4) is 0 Å². The highest BCUT2D eigenvalue weighted by atomic mass is 35.5. The molecule has 2 rings (SSSR count). The van der Waals surface area contributed by atoms with Crippen LogP contribution in [-0.4, -0.2) is 44.4 Å². The van der Waals surface area contributed by atoms with Gasteiger partial charge in [0, 0.05) is 8.22 Å². The SMILES string of the molecule is [2H]c1c(Cl)nc(-c2nc(NC(C([2H])([2H])[2H])C(F)(F)F)nc(NC(C([2H])([2H])[2H])C(F)(F)F)n2)c([2H])c1[2H]. The maximum Gasteiger partial charge on any atom is 0.408 e. The van der Waals surface area contributed by atoms with Gasteiger partial charge in [0.15, 0.2) is 5.82 Å². The third-order valence-electron chi connectivity index (χ3n) is 2.61. The molecule has 13 heteroatoms. The molecular formula is C14H13ClF6N6. The van der Waals surface area contributed by atoms with Crippen molar-refractivity contribution in [3.8, 4) is 11.5 Å². The molecule has 0 aromatic carbocycles. The Morgan fingerprint density at radius 2 is 1.44 bits per heavy atom. The van der Waals surface area contributed by atoms with Gasteiger partial charge in [0.1, 0.15) is 22.9 Å². The first kappa shape index (κ1) is 11.5. The van der Waals surface area contributed by atoms with Crippen LogP contribution in [0.4, 0.5) is 38.2 Å². The molecule has 0 saturated carbocycles. The summed E-state index contributed by atoms with van der Waals surface area (Å²) in [6, 6.07) is -9.18. The molecule has 2 N–H and O–H groups in total. The van der Waals surface area contributed by atoms with Gasteiger partial charge < -0.3 is 10.6 Å². The zero-order chi connectivity index (χ0) is 28.0. The lowest BCUT2D eigenvalue weighted by atomic mass is 10.3. The number of nitrogens with zero attached hydrogens (tertiary/aromatic N) is 4. The van der Waals surface area contributed by atoms with Crippen molar-refractivity contribution in [3.05, 3.63) is 23.3 Å². The molecule has 2 unspecified atom stereocenters. The Balaban J connectivity index is 2.76. The highest BCUT2D eigenvalue weighted by molar-refractivity contribution is 6.29. The van der Waals surface area contributed by atoms with Crippen LogP contribution in [0.2, 0.25) is 5.15 Å². The van der Waals surface area contributed by atoms with E-state index in [-0.39, 0.29) is 0 Å². The fourth-order valence-corrected chi connectivity index (χ4v) is 1.57. The normalized spacial score (nSPS) is 20.3. The highest BCUT2D eigenvalue weighted by Gasteiger charge is 2.38. The summed E-state index contributed by atoms with van der Waals surface area (Å²) in [5.41, 5.74) is -0.801. The van der Waals surface area contributed by atoms with E-state index in [2.05, 4.69) is 19.9 Å². The molecule has 2 heterocycles. The summed E-state index contributed by atoms with van der Waals surface area (Å²) in [6.45, 7) is -7.51. The Kier molecular flexibility index (Phi) is 3.27. The van der Waals surface area contributed by atoms with E-state index in [1.807, 2.05) is 0 Å². The standard InChI is InChI=1S/C14H13ClF6N6/c1-6(13(16,17)18)22-11-25-10(8-4-3-5-9(15)24-8)26-12(27-11)23-7(2)14(19,20)21/h3-7H,1-2H3,(H2,22,23,25,26,27)/i1D3,2D3,3D,4D,5D. The molecule has 0 aliphatic rings. The van der Waals surface area contributed by atoms with Gasteiger partial charge in [-0.2, -0.15) is 41.3 Å². The van der Waals surface area contributed by atoms with Gasteiger partial charge in [-0.05, 0) is 25.8 Å². The van der Waals surface area contributed by atoms with Gasteiger partial charge >= 0.3 is 12.4 Å². The largest absolute Gasteiger partial charge is 0.408 e. The molecule has 0 amide bonds. The third-order valence-corrected chi connectivity index (χ3v) is 2.78. The maximum absolute atomic E-state index is 13.3. The number of alkyl halides is 6. The van der Waals surface area contributed by atoms with E-state index in [1.54, 1.807) is 0 Å². The van der Waals surface area contributed by atoms with Gasteiger partial charge in [0.2, 0.25) is 11.9 Å². The third kappa shape index (κ3) is 5.81. The number of rotatable bonds is 5. The summed E-state index contributed by atoms with van der Waals surface area (Å²) in [6.07, 6.45) is -10.9. The number of halogens is 7. The monoisotopic (exact) mass is 423 g/mol. The van der Waals surface area contributed by atoms with Crippen LogP contribution < -0.4 is 10.6 Å². The smallest absolute Gasteiger partial charge is 0.343 e. The van der Waals surface area contributed by atoms with Crippen LogP contribution >= 0.6 is 11.6 Å². The average molecular weight is 424 g/mol. The van der Waals surface area contributed by atoms with Crippen LogP contribution in [0.5, 0.6) is 0 Å². The molecule has 148 valence electrons. The minimum absolute atomic E-state index is 0.707. The number of nitrogens with one attached hydrogen (secondary N) is 2. The number of anilines is 2. The average Bonchev–Trinajstić information content (AvgIpc) is 2.68. The van der Waals surface area contributed by atoms with Gasteiger partial charge in [0.05, 0.1) is 4.11 Å². The van der Waals surface area contributed by atoms with Crippen LogP contribution in [0.25, 0.3) is 11.5 Å². The van der Waals surface area contributed by atoms with Gasteiger partial charge in [-0.1, -0.05) is 17.6 Å². The lowest BCUT2D eigenvalue weighted by Crippen LogP contribution is -2.35. The van der Waals surface area contributed by atoms with E-state index < -0.39 is 84.8 Å². The van der Waals surface area contributed by atoms with Crippen molar-refractivity contribution in [1.82, 2.24) is 19.9 Å². The van der Waals surface area contributed by atoms with Gasteiger partial charge in [0.25, 0.3) is 0 Å². The minimum atomic E-state index is -5.44. The number of pyridine rings is 1. The zero-order valence-corrected chi connectivity index (χ0v) is 13.3. The number of hydrogen-bond acceptors (Lipinski definition) is 6. The molecule has 0 radical (unpaired) electrons. The Hall–Kier alpha value is -2.37. The quantitative estimate of drug-likeness (QED) is 0.551. The first-order valence-electron chi connectivity index (χ1n) is 11.1. The lowest BCUT2D eigenvalue weighted by Gasteiger charge is -2.20. The van der Waals surface area contributed by atoms with Crippen molar-refractivity contribution in [2.75, 3.05) is 10.6 Å². The highest BCUT2D eigenvalue weighted by Crippen LogP contribution is 2.26. The summed E-state index contributed by atoms with van der Waals surface area (Å²) in [5, 5.41) is 2.10. The number of hydrogen-bond donors (Lipinski definition) is 2. The predicted octanol–water partition coefficient (Wildman–Crippen LogP) is 4.31. The lowest BCUT2D eigenvalue weighted by molar-refractivity contribution is -0.139. The summed E-state index contributed by atoms with van der Waals surface area (Å²) < 4.78 is 146. The van der Waals surface area contributed by atoms with E-state index >= 15 is 0 Å². The second-order valence-electron chi connectivity index (χ2n) is 4.67. The molecule has 2 atom stereocenters. The van der Waals surface area contributed by atoms with E-state index in [9.17, 15) is 26.3 Å². The van der Waals surface area contributed by atoms with Crippen molar-refractivity contribution in [1.29, 1.82) is 0 Å². The molecule has 0 aliphatic heterocycles. The van der Waals surface area contributed by atoms with Crippen molar-refractivity contribution < 1.29 is 38.7 Å². The molecule has 0 bridgehead atoms. The van der Waals surface area contributed by atoms with Gasteiger partial charge in [-0.3, -0.25) is 0 Å². The summed E-state index contributed by atoms with van der Waals surface area (Å²) >= 11 is 5.68. The first-order valence-corrected chi connectivity index (χ1v) is 6.97. The Morgan fingerprint density at radius 3 is 1.89 bits per heavy atom. The van der Waals surface area contributed by atoms with Gasteiger partial charge in [-0.15, -0.1) is 0 Å². The van der Waals surface area contributed by atoms with Gasteiger partial charge in [-0.25, -0.2) is 4.98 Å². The molecule has 2 aromatic rings. The maximum atomic E-state index is 13.3. The molecular weight excluding hydrogens is 402 g/mol. The van der Waals surface area contributed by atoms with Crippen molar-refractivity contribution in [2.24, 2.45) is 0 Å². The molecule has 2 aromatic heterocycles. The van der Waals surface area contributed by atoms with Crippen molar-refractivity contribution >= 4 is 23.5 Å².